The van der Waals surface area contributed by atoms with Crippen molar-refractivity contribution in [1.82, 2.24) is 4.98 Å². The zero-order valence-electron chi connectivity index (χ0n) is 19.2. The Morgan fingerprint density at radius 2 is 1.88 bits per heavy atom. The third kappa shape index (κ3) is 6.00. The second-order valence-corrected chi connectivity index (χ2v) is 14.1. The number of hydrogen-bond acceptors (Lipinski definition) is 6. The van der Waals surface area contributed by atoms with Crippen LogP contribution in [0.1, 0.15) is 48.0 Å². The molecular weight excluding hydrogens is 466 g/mol. The Hall–Kier alpha value is -1.70. The van der Waals surface area contributed by atoms with Crippen LogP contribution in [0.4, 0.5) is 4.79 Å². The molecule has 0 spiro atoms. The molecule has 2 aromatic rings. The number of nitrogens with zero attached hydrogens (tertiary/aromatic N) is 1. The maximum Gasteiger partial charge on any atom is 0.349 e. The van der Waals surface area contributed by atoms with E-state index in [9.17, 15) is 9.59 Å². The summed E-state index contributed by atoms with van der Waals surface area (Å²) in [6.45, 7) is 5.75. The van der Waals surface area contributed by atoms with Gasteiger partial charge in [0.2, 0.25) is 0 Å². The van der Waals surface area contributed by atoms with E-state index in [1.807, 2.05) is 32.9 Å². The summed E-state index contributed by atoms with van der Waals surface area (Å²) in [6, 6.07) is 7.59. The topological polar surface area (TPSA) is 65.5 Å². The highest BCUT2D eigenvalue weighted by Gasteiger charge is 2.34. The first-order chi connectivity index (χ1) is 15.0. The van der Waals surface area contributed by atoms with Gasteiger partial charge in [0.15, 0.2) is 0 Å². The summed E-state index contributed by atoms with van der Waals surface area (Å²) in [5.41, 5.74) is 3.29. The number of carbonyl (C=O) groups is 2. The van der Waals surface area contributed by atoms with E-state index in [-0.39, 0.29) is 5.30 Å². The molecule has 1 aliphatic heterocycles. The van der Waals surface area contributed by atoms with Crippen LogP contribution in [0.3, 0.4) is 0 Å². The quantitative estimate of drug-likeness (QED) is 0.367. The lowest BCUT2D eigenvalue weighted by Crippen LogP contribution is -2.28. The fourth-order valence-corrected chi connectivity index (χ4v) is 7.21. The molecule has 0 saturated heterocycles. The van der Waals surface area contributed by atoms with E-state index in [1.165, 1.54) is 24.4 Å². The number of halogens is 1. The Morgan fingerprint density at radius 3 is 2.50 bits per heavy atom. The van der Waals surface area contributed by atoms with Crippen molar-refractivity contribution in [2.45, 2.75) is 49.9 Å². The van der Waals surface area contributed by atoms with Crippen LogP contribution in [-0.4, -0.2) is 46.7 Å². The summed E-state index contributed by atoms with van der Waals surface area (Å²) in [4.78, 5) is 30.0. The molecule has 3 rings (SSSR count). The Labute approximate surface area is 200 Å². The van der Waals surface area contributed by atoms with Gasteiger partial charge in [-0.05, 0) is 80.7 Å². The van der Waals surface area contributed by atoms with E-state index in [0.29, 0.717) is 11.3 Å². The van der Waals surface area contributed by atoms with Gasteiger partial charge >= 0.3 is 11.3 Å². The Morgan fingerprint density at radius 1 is 1.16 bits per heavy atom. The number of pyridine rings is 1. The van der Waals surface area contributed by atoms with E-state index < -0.39 is 21.6 Å². The summed E-state index contributed by atoms with van der Waals surface area (Å²) in [7, 11) is -0.186. The average Bonchev–Trinajstić information content (AvgIpc) is 2.92. The maximum absolute atomic E-state index is 12.9. The second kappa shape index (κ2) is 10.1. The van der Waals surface area contributed by atoms with Gasteiger partial charge in [-0.25, -0.2) is 9.59 Å². The molecule has 5 nitrogen and oxygen atoms in total. The molecule has 174 valence electrons. The third-order valence-corrected chi connectivity index (χ3v) is 10.1. The van der Waals surface area contributed by atoms with Crippen LogP contribution in [0, 0.1) is 0 Å². The molecule has 1 unspecified atom stereocenters. The van der Waals surface area contributed by atoms with Gasteiger partial charge < -0.3 is 9.47 Å². The monoisotopic (exact) mass is 495 g/mol. The number of carbonyl (C=O) groups excluding carboxylic acids is 2. The molecular formula is C24H30ClNO4S2. The minimum absolute atomic E-state index is 0.0481. The fraction of sp³-hybridized carbons (Fsp3) is 0.458. The Kier molecular flexibility index (Phi) is 7.84. The first kappa shape index (κ1) is 24.9. The molecule has 0 bridgehead atoms. The molecule has 2 heterocycles. The largest absolute Gasteiger partial charge is 0.465 e. The number of ether oxygens (including phenoxy) is 2. The number of hydrogen-bond donors (Lipinski definition) is 0. The van der Waals surface area contributed by atoms with Gasteiger partial charge in [0.05, 0.1) is 23.4 Å². The van der Waals surface area contributed by atoms with Gasteiger partial charge in [-0.2, -0.15) is 0 Å². The van der Waals surface area contributed by atoms with E-state index in [4.69, 9.17) is 21.1 Å². The van der Waals surface area contributed by atoms with Gasteiger partial charge in [-0.1, -0.05) is 17.7 Å². The number of thioether (sulfide) groups is 1. The van der Waals surface area contributed by atoms with Crippen LogP contribution in [0.25, 0.3) is 0 Å². The van der Waals surface area contributed by atoms with Crippen molar-refractivity contribution in [1.29, 1.82) is 0 Å². The van der Waals surface area contributed by atoms with Crippen LogP contribution in [-0.2, 0) is 28.1 Å². The molecule has 0 aliphatic carbocycles. The molecule has 1 atom stereocenters. The molecule has 0 amide bonds. The number of esters is 1. The zero-order chi connectivity index (χ0) is 23.5. The molecule has 1 aromatic carbocycles. The predicted molar refractivity (Wildman–Crippen MR) is 133 cm³/mol. The SMILES string of the molecule is COC(=O)c1ccc(CSc2c(Cl)ccc3c2CCS(C)(C(=O)OC(C)(C)C)CC3)nc1. The smallest absolute Gasteiger partial charge is 0.349 e. The molecule has 0 fully saturated rings. The van der Waals surface area contributed by atoms with Crippen molar-refractivity contribution in [3.05, 3.63) is 57.9 Å². The second-order valence-electron chi connectivity index (χ2n) is 8.98. The van der Waals surface area contributed by atoms with Gasteiger partial charge in [-0.15, -0.1) is 21.8 Å². The Balaban J connectivity index is 1.76. The average molecular weight is 496 g/mol. The van der Waals surface area contributed by atoms with Crippen LogP contribution >= 0.6 is 33.4 Å². The van der Waals surface area contributed by atoms with Crippen LogP contribution < -0.4 is 0 Å². The lowest BCUT2D eigenvalue weighted by Gasteiger charge is -2.34. The fourth-order valence-electron chi connectivity index (χ4n) is 3.48. The first-order valence-corrected chi connectivity index (χ1v) is 14.2. The lowest BCUT2D eigenvalue weighted by atomic mass is 10.0. The van der Waals surface area contributed by atoms with Crippen molar-refractivity contribution in [2.75, 3.05) is 24.9 Å². The number of fused-ring (bicyclic) bond motifs is 1. The van der Waals surface area contributed by atoms with Crippen molar-refractivity contribution < 1.29 is 19.1 Å². The summed E-state index contributed by atoms with van der Waals surface area (Å²) in [5, 5.41) is 0.670. The minimum Gasteiger partial charge on any atom is -0.465 e. The normalized spacial score (nSPS) is 20.4. The molecule has 0 radical (unpaired) electrons. The molecule has 8 heteroatoms. The summed E-state index contributed by atoms with van der Waals surface area (Å²) in [5.74, 6) is 1.86. The first-order valence-electron chi connectivity index (χ1n) is 10.5. The number of aromatic nitrogens is 1. The summed E-state index contributed by atoms with van der Waals surface area (Å²) in [6.07, 6.45) is 5.27. The maximum atomic E-state index is 12.9. The minimum atomic E-state index is -1.54. The van der Waals surface area contributed by atoms with Crippen LogP contribution in [0.5, 0.6) is 0 Å². The lowest BCUT2D eigenvalue weighted by molar-refractivity contribution is 0.0599. The molecule has 32 heavy (non-hydrogen) atoms. The Bertz CT molecular complexity index is 1000. The number of rotatable bonds is 4. The number of benzene rings is 1. The van der Waals surface area contributed by atoms with E-state index in [0.717, 1.165) is 40.0 Å². The van der Waals surface area contributed by atoms with Crippen molar-refractivity contribution in [3.63, 3.8) is 0 Å². The summed E-state index contributed by atoms with van der Waals surface area (Å²) >= 11 is 8.24. The van der Waals surface area contributed by atoms with Gasteiger partial charge in [0.1, 0.15) is 5.60 Å². The van der Waals surface area contributed by atoms with E-state index in [2.05, 4.69) is 17.3 Å². The van der Waals surface area contributed by atoms with Crippen molar-refractivity contribution in [3.8, 4) is 0 Å². The molecule has 1 aliphatic rings. The van der Waals surface area contributed by atoms with Gasteiger partial charge in [0, 0.05) is 16.8 Å². The third-order valence-electron chi connectivity index (χ3n) is 5.34. The highest BCUT2D eigenvalue weighted by Crippen LogP contribution is 2.51. The molecule has 0 saturated carbocycles. The number of methoxy groups -OCH3 is 1. The van der Waals surface area contributed by atoms with Crippen LogP contribution in [0.2, 0.25) is 5.02 Å². The summed E-state index contributed by atoms with van der Waals surface area (Å²) < 4.78 is 10.5. The highest BCUT2D eigenvalue weighted by molar-refractivity contribution is 8.44. The number of aryl methyl sites for hydroxylation is 1. The highest BCUT2D eigenvalue weighted by atomic mass is 35.5. The van der Waals surface area contributed by atoms with Crippen molar-refractivity contribution >= 4 is 44.7 Å². The standard InChI is InChI=1S/C24H30ClNO4S2/c1-24(2,3)30-23(28)32(5)12-10-16-7-9-20(25)21(19(16)11-13-32)31-15-18-8-6-17(14-26-18)22(27)29-4/h6-9,14H,10-13,15H2,1-5H3. The molecule has 1 aromatic heterocycles. The van der Waals surface area contributed by atoms with Crippen LogP contribution in [0.15, 0.2) is 35.4 Å². The zero-order valence-corrected chi connectivity index (χ0v) is 21.6. The van der Waals surface area contributed by atoms with E-state index >= 15 is 0 Å². The molecule has 0 N–H and O–H groups in total. The predicted octanol–water partition coefficient (Wildman–Crippen LogP) is 6.28. The van der Waals surface area contributed by atoms with Crippen molar-refractivity contribution in [2.24, 2.45) is 0 Å². The van der Waals surface area contributed by atoms with Gasteiger partial charge in [0.25, 0.3) is 0 Å². The van der Waals surface area contributed by atoms with Gasteiger partial charge in [-0.3, -0.25) is 4.98 Å². The van der Waals surface area contributed by atoms with E-state index in [1.54, 1.807) is 17.8 Å².